The van der Waals surface area contributed by atoms with Crippen LogP contribution in [0, 0.1) is 19.3 Å². The van der Waals surface area contributed by atoms with Crippen molar-refractivity contribution < 1.29 is 5.11 Å². The van der Waals surface area contributed by atoms with Crippen LogP contribution >= 0.6 is 0 Å². The molecule has 0 spiro atoms. The molecule has 2 aromatic rings. The van der Waals surface area contributed by atoms with Gasteiger partial charge in [-0.3, -0.25) is 0 Å². The first-order valence-electron chi connectivity index (χ1n) is 8.74. The molecule has 5 heteroatoms. The zero-order chi connectivity index (χ0) is 17.4. The Kier molecular flexibility index (Phi) is 4.49. The molecule has 3 rings (SSSR count). The summed E-state index contributed by atoms with van der Waals surface area (Å²) >= 11 is 0. The molecule has 2 N–H and O–H groups in total. The maximum Gasteiger partial charge on any atom is 0.153 e. The standard InChI is InChI=1S/C19H28N4O/c1-14-16(12-20-13-19(24)10-7-9-18(19,3)4)15(2)23(22-14)17-8-5-6-11-21-17/h5-6,8,11,20,24H,7,9-10,12-13H2,1-4H3. The molecule has 0 saturated heterocycles. The van der Waals surface area contributed by atoms with E-state index >= 15 is 0 Å². The maximum absolute atomic E-state index is 10.9. The average Bonchev–Trinajstić information content (AvgIpc) is 2.98. The zero-order valence-electron chi connectivity index (χ0n) is 15.1. The van der Waals surface area contributed by atoms with Crippen LogP contribution in [0.15, 0.2) is 24.4 Å². The molecule has 1 unspecified atom stereocenters. The summed E-state index contributed by atoms with van der Waals surface area (Å²) in [6.07, 6.45) is 4.83. The van der Waals surface area contributed by atoms with Gasteiger partial charge in [0.15, 0.2) is 5.82 Å². The molecule has 1 aliphatic carbocycles. The van der Waals surface area contributed by atoms with Crippen molar-refractivity contribution in [1.29, 1.82) is 0 Å². The SMILES string of the molecule is Cc1nn(-c2ccccn2)c(C)c1CNCC1(O)CCCC1(C)C. The molecule has 5 nitrogen and oxygen atoms in total. The Labute approximate surface area is 144 Å². The van der Waals surface area contributed by atoms with E-state index in [0.717, 1.165) is 36.5 Å². The number of nitrogens with one attached hydrogen (secondary N) is 1. The van der Waals surface area contributed by atoms with Gasteiger partial charge in [-0.1, -0.05) is 19.9 Å². The fourth-order valence-corrected chi connectivity index (χ4v) is 3.75. The summed E-state index contributed by atoms with van der Waals surface area (Å²) in [5.74, 6) is 0.833. The van der Waals surface area contributed by atoms with Gasteiger partial charge in [0.05, 0.1) is 11.3 Å². The number of nitrogens with zero attached hydrogens (tertiary/aromatic N) is 3. The lowest BCUT2D eigenvalue weighted by Gasteiger charge is -2.37. The van der Waals surface area contributed by atoms with Crippen LogP contribution in [0.5, 0.6) is 0 Å². The van der Waals surface area contributed by atoms with Crippen molar-refractivity contribution in [2.75, 3.05) is 6.54 Å². The van der Waals surface area contributed by atoms with Gasteiger partial charge in [0.1, 0.15) is 0 Å². The van der Waals surface area contributed by atoms with Crippen LogP contribution in [0.4, 0.5) is 0 Å². The fraction of sp³-hybridized carbons (Fsp3) is 0.579. The smallest absolute Gasteiger partial charge is 0.153 e. The highest BCUT2D eigenvalue weighted by Crippen LogP contribution is 2.45. The Hall–Kier alpha value is -1.72. The van der Waals surface area contributed by atoms with E-state index in [4.69, 9.17) is 0 Å². The van der Waals surface area contributed by atoms with Crippen LogP contribution in [0.2, 0.25) is 0 Å². The van der Waals surface area contributed by atoms with Crippen molar-refractivity contribution in [1.82, 2.24) is 20.1 Å². The van der Waals surface area contributed by atoms with Crippen molar-refractivity contribution in [2.24, 2.45) is 5.41 Å². The normalized spacial score (nSPS) is 22.9. The minimum Gasteiger partial charge on any atom is -0.388 e. The number of aliphatic hydroxyl groups is 1. The van der Waals surface area contributed by atoms with Gasteiger partial charge in [-0.2, -0.15) is 5.10 Å². The summed E-state index contributed by atoms with van der Waals surface area (Å²) in [5, 5.41) is 19.0. The Balaban J connectivity index is 1.72. The molecule has 130 valence electrons. The van der Waals surface area contributed by atoms with E-state index in [9.17, 15) is 5.11 Å². The second kappa shape index (κ2) is 6.30. The van der Waals surface area contributed by atoms with Gasteiger partial charge in [-0.25, -0.2) is 9.67 Å². The van der Waals surface area contributed by atoms with Gasteiger partial charge in [0, 0.05) is 30.5 Å². The maximum atomic E-state index is 10.9. The zero-order valence-corrected chi connectivity index (χ0v) is 15.1. The second-order valence-corrected chi connectivity index (χ2v) is 7.62. The first kappa shape index (κ1) is 17.1. The second-order valence-electron chi connectivity index (χ2n) is 7.62. The number of pyridine rings is 1. The summed E-state index contributed by atoms with van der Waals surface area (Å²) in [6.45, 7) is 9.75. The molecule has 0 aromatic carbocycles. The van der Waals surface area contributed by atoms with Crippen molar-refractivity contribution in [3.63, 3.8) is 0 Å². The summed E-state index contributed by atoms with van der Waals surface area (Å²) in [5.41, 5.74) is 2.63. The predicted octanol–water partition coefficient (Wildman–Crippen LogP) is 2.91. The van der Waals surface area contributed by atoms with Gasteiger partial charge < -0.3 is 10.4 Å². The summed E-state index contributed by atoms with van der Waals surface area (Å²) < 4.78 is 1.89. The third-order valence-corrected chi connectivity index (χ3v) is 5.68. The molecule has 0 amide bonds. The molecule has 1 saturated carbocycles. The summed E-state index contributed by atoms with van der Waals surface area (Å²) in [4.78, 5) is 4.38. The number of aryl methyl sites for hydroxylation is 1. The molecule has 0 radical (unpaired) electrons. The van der Waals surface area contributed by atoms with E-state index in [2.05, 4.69) is 36.2 Å². The van der Waals surface area contributed by atoms with E-state index in [-0.39, 0.29) is 5.41 Å². The van der Waals surface area contributed by atoms with Crippen molar-refractivity contribution in [2.45, 2.75) is 59.1 Å². The van der Waals surface area contributed by atoms with Crippen LogP contribution in [-0.4, -0.2) is 32.0 Å². The minimum atomic E-state index is -0.619. The van der Waals surface area contributed by atoms with E-state index < -0.39 is 5.60 Å². The molecule has 24 heavy (non-hydrogen) atoms. The summed E-state index contributed by atoms with van der Waals surface area (Å²) in [7, 11) is 0. The minimum absolute atomic E-state index is 0.0256. The van der Waals surface area contributed by atoms with Gasteiger partial charge in [0.25, 0.3) is 0 Å². The molecular formula is C19H28N4O. The molecular weight excluding hydrogens is 300 g/mol. The Morgan fingerprint density at radius 1 is 1.25 bits per heavy atom. The predicted molar refractivity (Wildman–Crippen MR) is 95.1 cm³/mol. The Morgan fingerprint density at radius 2 is 2.04 bits per heavy atom. The first-order valence-corrected chi connectivity index (χ1v) is 8.74. The fourth-order valence-electron chi connectivity index (χ4n) is 3.75. The third kappa shape index (κ3) is 2.98. The topological polar surface area (TPSA) is 63.0 Å². The van der Waals surface area contributed by atoms with Gasteiger partial charge in [-0.05, 0) is 50.7 Å². The van der Waals surface area contributed by atoms with Crippen molar-refractivity contribution in [3.05, 3.63) is 41.3 Å². The number of aromatic nitrogens is 3. The molecule has 1 aliphatic rings. The molecule has 0 aliphatic heterocycles. The van der Waals surface area contributed by atoms with Gasteiger partial charge >= 0.3 is 0 Å². The van der Waals surface area contributed by atoms with E-state index in [1.807, 2.05) is 29.8 Å². The lowest BCUT2D eigenvalue weighted by molar-refractivity contribution is -0.0410. The van der Waals surface area contributed by atoms with Crippen LogP contribution in [0.25, 0.3) is 5.82 Å². The van der Waals surface area contributed by atoms with E-state index in [0.29, 0.717) is 13.1 Å². The number of hydrogen-bond donors (Lipinski definition) is 2. The van der Waals surface area contributed by atoms with Crippen LogP contribution in [-0.2, 0) is 6.54 Å². The highest BCUT2D eigenvalue weighted by molar-refractivity contribution is 5.32. The Morgan fingerprint density at radius 3 is 2.67 bits per heavy atom. The van der Waals surface area contributed by atoms with Gasteiger partial charge in [0.2, 0.25) is 0 Å². The lowest BCUT2D eigenvalue weighted by Crippen LogP contribution is -2.48. The first-order chi connectivity index (χ1) is 11.3. The van der Waals surface area contributed by atoms with Gasteiger partial charge in [-0.15, -0.1) is 0 Å². The molecule has 1 fully saturated rings. The van der Waals surface area contributed by atoms with Crippen LogP contribution in [0.3, 0.4) is 0 Å². The molecule has 2 aromatic heterocycles. The monoisotopic (exact) mass is 328 g/mol. The number of rotatable bonds is 5. The quantitative estimate of drug-likeness (QED) is 0.886. The molecule has 1 atom stereocenters. The molecule has 0 bridgehead atoms. The van der Waals surface area contributed by atoms with E-state index in [1.165, 1.54) is 5.56 Å². The van der Waals surface area contributed by atoms with Crippen LogP contribution in [0.1, 0.15) is 50.1 Å². The third-order valence-electron chi connectivity index (χ3n) is 5.68. The largest absolute Gasteiger partial charge is 0.388 e. The van der Waals surface area contributed by atoms with Crippen LogP contribution < -0.4 is 5.32 Å². The van der Waals surface area contributed by atoms with E-state index in [1.54, 1.807) is 6.20 Å². The average molecular weight is 328 g/mol. The van der Waals surface area contributed by atoms with Crippen molar-refractivity contribution >= 4 is 0 Å². The Bertz CT molecular complexity index is 708. The summed E-state index contributed by atoms with van der Waals surface area (Å²) in [6, 6.07) is 5.83. The molecule has 2 heterocycles. The number of hydrogen-bond acceptors (Lipinski definition) is 4. The highest BCUT2D eigenvalue weighted by atomic mass is 16.3. The van der Waals surface area contributed by atoms with Crippen molar-refractivity contribution in [3.8, 4) is 5.82 Å². The highest BCUT2D eigenvalue weighted by Gasteiger charge is 2.46. The lowest BCUT2D eigenvalue weighted by atomic mass is 9.78.